The largest absolute Gasteiger partial charge is 0.312 e. The predicted octanol–water partition coefficient (Wildman–Crippen LogP) is 1.89. The van der Waals surface area contributed by atoms with Gasteiger partial charge in [-0.05, 0) is 19.8 Å². The summed E-state index contributed by atoms with van der Waals surface area (Å²) in [7, 11) is 0. The molecule has 21 heavy (non-hydrogen) atoms. The van der Waals surface area contributed by atoms with Gasteiger partial charge in [-0.2, -0.15) is 5.10 Å². The minimum Gasteiger partial charge on any atom is -0.312 e. The molecule has 2 aromatic rings. The Balaban J connectivity index is 2.30. The van der Waals surface area contributed by atoms with Crippen LogP contribution in [-0.2, 0) is 0 Å². The molecular weight excluding hydrogens is 270 g/mol. The molecule has 0 atom stereocenters. The summed E-state index contributed by atoms with van der Waals surface area (Å²) in [5.74, 6) is 0.103. The van der Waals surface area contributed by atoms with E-state index >= 15 is 0 Å². The van der Waals surface area contributed by atoms with Crippen LogP contribution in [0.15, 0.2) is 23.4 Å². The SMILES string of the molecule is CCC(CC)n1nc(C)cc1NC(=O)c1cnc[nH]c1=O. The molecule has 0 saturated heterocycles. The first-order valence-electron chi connectivity index (χ1n) is 6.97. The molecule has 0 bridgehead atoms. The van der Waals surface area contributed by atoms with Gasteiger partial charge >= 0.3 is 0 Å². The average molecular weight is 289 g/mol. The van der Waals surface area contributed by atoms with Crippen molar-refractivity contribution in [3.05, 3.63) is 40.2 Å². The number of aromatic amines is 1. The van der Waals surface area contributed by atoms with Gasteiger partial charge in [-0.25, -0.2) is 9.67 Å². The molecule has 0 aliphatic heterocycles. The van der Waals surface area contributed by atoms with Gasteiger partial charge < -0.3 is 10.3 Å². The molecule has 0 aliphatic carbocycles. The first-order valence-corrected chi connectivity index (χ1v) is 6.97. The fourth-order valence-electron chi connectivity index (χ4n) is 2.21. The van der Waals surface area contributed by atoms with Crippen molar-refractivity contribution in [3.63, 3.8) is 0 Å². The first kappa shape index (κ1) is 15.0. The van der Waals surface area contributed by atoms with Gasteiger partial charge in [0.15, 0.2) is 0 Å². The lowest BCUT2D eigenvalue weighted by molar-refractivity contribution is 0.102. The van der Waals surface area contributed by atoms with E-state index < -0.39 is 11.5 Å². The lowest BCUT2D eigenvalue weighted by atomic mass is 10.2. The van der Waals surface area contributed by atoms with Gasteiger partial charge in [-0.3, -0.25) is 9.59 Å². The number of hydrogen-bond acceptors (Lipinski definition) is 4. The number of nitrogens with one attached hydrogen (secondary N) is 2. The normalized spacial score (nSPS) is 10.9. The molecule has 0 radical (unpaired) electrons. The molecule has 0 spiro atoms. The molecule has 1 amide bonds. The third-order valence-corrected chi connectivity index (χ3v) is 3.35. The number of H-pyrrole nitrogens is 1. The van der Waals surface area contributed by atoms with Gasteiger partial charge in [0.2, 0.25) is 0 Å². The van der Waals surface area contributed by atoms with Crippen LogP contribution in [0.5, 0.6) is 0 Å². The van der Waals surface area contributed by atoms with E-state index in [-0.39, 0.29) is 11.6 Å². The zero-order valence-corrected chi connectivity index (χ0v) is 12.4. The predicted molar refractivity (Wildman–Crippen MR) is 79.4 cm³/mol. The molecule has 0 unspecified atom stereocenters. The molecule has 0 fully saturated rings. The van der Waals surface area contributed by atoms with Crippen LogP contribution < -0.4 is 10.9 Å². The Morgan fingerprint density at radius 1 is 1.43 bits per heavy atom. The summed E-state index contributed by atoms with van der Waals surface area (Å²) in [6, 6.07) is 2.00. The van der Waals surface area contributed by atoms with Gasteiger partial charge in [0, 0.05) is 12.3 Å². The highest BCUT2D eigenvalue weighted by atomic mass is 16.2. The van der Waals surface area contributed by atoms with Gasteiger partial charge in [0.25, 0.3) is 11.5 Å². The second-order valence-corrected chi connectivity index (χ2v) is 4.83. The Hall–Kier alpha value is -2.44. The Kier molecular flexibility index (Phi) is 4.52. The topological polar surface area (TPSA) is 92.7 Å². The molecule has 0 aliphatic rings. The molecule has 2 aromatic heterocycles. The highest BCUT2D eigenvalue weighted by molar-refractivity contribution is 6.03. The number of nitrogens with zero attached hydrogens (tertiary/aromatic N) is 3. The van der Waals surface area contributed by atoms with E-state index in [0.29, 0.717) is 5.82 Å². The van der Waals surface area contributed by atoms with Crippen LogP contribution in [0.3, 0.4) is 0 Å². The Morgan fingerprint density at radius 3 is 2.76 bits per heavy atom. The van der Waals surface area contributed by atoms with Crippen molar-refractivity contribution >= 4 is 11.7 Å². The van der Waals surface area contributed by atoms with Crippen LogP contribution in [-0.4, -0.2) is 25.7 Å². The average Bonchev–Trinajstić information content (AvgIpc) is 2.81. The number of rotatable bonds is 5. The summed E-state index contributed by atoms with van der Waals surface area (Å²) >= 11 is 0. The number of aromatic nitrogens is 4. The third kappa shape index (κ3) is 3.18. The summed E-state index contributed by atoms with van der Waals surface area (Å²) in [5.41, 5.74) is 0.331. The summed E-state index contributed by atoms with van der Waals surface area (Å²) in [6.07, 6.45) is 4.32. The lowest BCUT2D eigenvalue weighted by Gasteiger charge is -2.16. The number of anilines is 1. The van der Waals surface area contributed by atoms with Crippen molar-refractivity contribution < 1.29 is 4.79 Å². The number of amides is 1. The minimum atomic E-state index is -0.489. The Labute approximate surface area is 122 Å². The van der Waals surface area contributed by atoms with Crippen LogP contribution in [0.2, 0.25) is 0 Å². The van der Waals surface area contributed by atoms with E-state index in [4.69, 9.17) is 0 Å². The van der Waals surface area contributed by atoms with Crippen molar-refractivity contribution in [1.29, 1.82) is 0 Å². The molecule has 7 heteroatoms. The number of carbonyl (C=O) groups is 1. The maximum absolute atomic E-state index is 12.2. The summed E-state index contributed by atoms with van der Waals surface area (Å²) in [4.78, 5) is 29.9. The quantitative estimate of drug-likeness (QED) is 0.879. The van der Waals surface area contributed by atoms with Crippen molar-refractivity contribution in [1.82, 2.24) is 19.7 Å². The maximum Gasteiger partial charge on any atom is 0.263 e. The van der Waals surface area contributed by atoms with E-state index in [1.165, 1.54) is 12.5 Å². The van der Waals surface area contributed by atoms with Gasteiger partial charge in [-0.1, -0.05) is 13.8 Å². The van der Waals surface area contributed by atoms with Crippen molar-refractivity contribution in [2.24, 2.45) is 0 Å². The van der Waals surface area contributed by atoms with E-state index in [2.05, 4.69) is 34.2 Å². The fourth-order valence-corrected chi connectivity index (χ4v) is 2.21. The van der Waals surface area contributed by atoms with Crippen molar-refractivity contribution in [2.75, 3.05) is 5.32 Å². The smallest absolute Gasteiger partial charge is 0.263 e. The molecule has 0 saturated carbocycles. The van der Waals surface area contributed by atoms with Gasteiger partial charge in [-0.15, -0.1) is 0 Å². The van der Waals surface area contributed by atoms with Crippen LogP contribution in [0.25, 0.3) is 0 Å². The van der Waals surface area contributed by atoms with E-state index in [1.807, 2.05) is 6.92 Å². The zero-order chi connectivity index (χ0) is 15.4. The van der Waals surface area contributed by atoms with Crippen LogP contribution in [0.4, 0.5) is 5.82 Å². The first-order chi connectivity index (χ1) is 10.1. The second-order valence-electron chi connectivity index (χ2n) is 4.83. The zero-order valence-electron chi connectivity index (χ0n) is 12.4. The highest BCUT2D eigenvalue weighted by Gasteiger charge is 2.17. The fraction of sp³-hybridized carbons (Fsp3) is 0.429. The molecule has 2 heterocycles. The molecule has 0 aromatic carbocycles. The molecule has 2 N–H and O–H groups in total. The Bertz CT molecular complexity index is 685. The highest BCUT2D eigenvalue weighted by Crippen LogP contribution is 2.22. The van der Waals surface area contributed by atoms with Gasteiger partial charge in [0.05, 0.1) is 18.1 Å². The van der Waals surface area contributed by atoms with Crippen LogP contribution >= 0.6 is 0 Å². The van der Waals surface area contributed by atoms with Crippen molar-refractivity contribution in [3.8, 4) is 0 Å². The second kappa shape index (κ2) is 6.34. The molecule has 2 rings (SSSR count). The monoisotopic (exact) mass is 289 g/mol. The third-order valence-electron chi connectivity index (χ3n) is 3.35. The van der Waals surface area contributed by atoms with Crippen LogP contribution in [0.1, 0.15) is 48.8 Å². The summed E-state index contributed by atoms with van der Waals surface area (Å²) in [5, 5.41) is 7.16. The maximum atomic E-state index is 12.2. The molecule has 7 nitrogen and oxygen atoms in total. The van der Waals surface area contributed by atoms with Gasteiger partial charge in [0.1, 0.15) is 11.4 Å². The molecular formula is C14H19N5O2. The van der Waals surface area contributed by atoms with E-state index in [1.54, 1.807) is 10.7 Å². The number of carbonyl (C=O) groups excluding carboxylic acids is 1. The van der Waals surface area contributed by atoms with Crippen molar-refractivity contribution in [2.45, 2.75) is 39.7 Å². The van der Waals surface area contributed by atoms with E-state index in [9.17, 15) is 9.59 Å². The lowest BCUT2D eigenvalue weighted by Crippen LogP contribution is -2.25. The minimum absolute atomic E-state index is 0.0209. The van der Waals surface area contributed by atoms with Crippen LogP contribution in [0, 0.1) is 6.92 Å². The van der Waals surface area contributed by atoms with E-state index in [0.717, 1.165) is 18.5 Å². The summed E-state index contributed by atoms with van der Waals surface area (Å²) in [6.45, 7) is 6.01. The standard InChI is InChI=1S/C14H19N5O2/c1-4-10(5-2)19-12(6-9(3)18-19)17-14(21)11-7-15-8-16-13(11)20/h6-8,10H,4-5H2,1-3H3,(H,17,21)(H,15,16,20). The molecule has 112 valence electrons. The Morgan fingerprint density at radius 2 is 2.14 bits per heavy atom. The number of aryl methyl sites for hydroxylation is 1. The summed E-state index contributed by atoms with van der Waals surface area (Å²) < 4.78 is 1.80. The number of hydrogen-bond donors (Lipinski definition) is 2.